The number of halogens is 2. The van der Waals surface area contributed by atoms with E-state index < -0.39 is 23.3 Å². The second kappa shape index (κ2) is 10.4. The van der Waals surface area contributed by atoms with E-state index in [1.54, 1.807) is 0 Å². The van der Waals surface area contributed by atoms with Crippen LogP contribution in [-0.4, -0.2) is 58.9 Å². The van der Waals surface area contributed by atoms with Crippen LogP contribution in [0, 0.1) is 16.2 Å². The molecule has 0 aromatic heterocycles. The van der Waals surface area contributed by atoms with Gasteiger partial charge in [0.1, 0.15) is 0 Å². The first-order valence-electron chi connectivity index (χ1n) is 7.50. The predicted molar refractivity (Wildman–Crippen MR) is 97.5 cm³/mol. The first-order chi connectivity index (χ1) is 12.3. The summed E-state index contributed by atoms with van der Waals surface area (Å²) in [6.45, 7) is -0.328. The van der Waals surface area contributed by atoms with E-state index >= 15 is 0 Å². The van der Waals surface area contributed by atoms with E-state index in [9.17, 15) is 19.2 Å². The van der Waals surface area contributed by atoms with Gasteiger partial charge in [-0.25, -0.2) is 19.4 Å². The fraction of sp³-hybridized carbons (Fsp3) is 0.571. The monoisotopic (exact) mass is 496 g/mol. The molecule has 0 radical (unpaired) electrons. The van der Waals surface area contributed by atoms with Crippen LogP contribution in [0.3, 0.4) is 0 Å². The predicted octanol–water partition coefficient (Wildman–Crippen LogP) is 0.220. The number of amides is 2. The van der Waals surface area contributed by atoms with Gasteiger partial charge < -0.3 is 21.5 Å². The van der Waals surface area contributed by atoms with E-state index in [1.807, 2.05) is 0 Å². The van der Waals surface area contributed by atoms with Crippen molar-refractivity contribution in [3.63, 3.8) is 0 Å². The van der Waals surface area contributed by atoms with E-state index in [0.29, 0.717) is 0 Å². The van der Waals surface area contributed by atoms with Gasteiger partial charge in [0.15, 0.2) is 5.41 Å². The van der Waals surface area contributed by atoms with Gasteiger partial charge in [-0.1, -0.05) is 31.9 Å². The molecule has 12 heteroatoms. The third-order valence-corrected chi connectivity index (χ3v) is 4.68. The van der Waals surface area contributed by atoms with Gasteiger partial charge in [-0.2, -0.15) is 0 Å². The molecular weight excluding hydrogens is 480 g/mol. The van der Waals surface area contributed by atoms with E-state index in [2.05, 4.69) is 52.3 Å². The molecule has 1 aliphatic rings. The normalized spacial score (nSPS) is 19.0. The van der Waals surface area contributed by atoms with Crippen LogP contribution in [0.25, 0.3) is 0 Å². The minimum atomic E-state index is -1.78. The van der Waals surface area contributed by atoms with E-state index in [1.165, 1.54) is 0 Å². The number of nitrogens with one attached hydrogen (secondary N) is 4. The fourth-order valence-corrected chi connectivity index (χ4v) is 2.61. The van der Waals surface area contributed by atoms with Gasteiger partial charge in [0.05, 0.1) is 17.1 Å². The van der Waals surface area contributed by atoms with Crippen LogP contribution in [0.4, 0.5) is 0 Å². The Morgan fingerprint density at radius 2 is 1.50 bits per heavy atom. The Kier molecular flexibility index (Phi) is 8.85. The van der Waals surface area contributed by atoms with Crippen molar-refractivity contribution in [1.29, 1.82) is 10.8 Å². The zero-order valence-electron chi connectivity index (χ0n) is 13.7. The van der Waals surface area contributed by atoms with E-state index in [4.69, 9.17) is 10.8 Å². The van der Waals surface area contributed by atoms with Gasteiger partial charge in [0, 0.05) is 24.5 Å². The summed E-state index contributed by atoms with van der Waals surface area (Å²) in [5.74, 6) is -2.75. The van der Waals surface area contributed by atoms with Gasteiger partial charge in [-0.3, -0.25) is 9.59 Å². The Balaban J connectivity index is 2.65. The maximum absolute atomic E-state index is 12.4. The quantitative estimate of drug-likeness (QED) is 0.213. The highest BCUT2D eigenvalue weighted by Crippen LogP contribution is 2.33. The summed E-state index contributed by atoms with van der Waals surface area (Å²) in [5, 5.41) is 20.9. The Hall–Kier alpha value is -1.82. The average molecular weight is 498 g/mol. The molecule has 0 aromatic rings. The second-order valence-electron chi connectivity index (χ2n) is 5.33. The van der Waals surface area contributed by atoms with Crippen molar-refractivity contribution in [2.24, 2.45) is 5.41 Å². The molecule has 0 unspecified atom stereocenters. The van der Waals surface area contributed by atoms with Crippen LogP contribution in [-0.2, 0) is 29.0 Å². The molecule has 0 aromatic carbocycles. The van der Waals surface area contributed by atoms with Gasteiger partial charge >= 0.3 is 11.9 Å². The molecule has 144 valence electrons. The molecule has 1 rings (SSSR count). The maximum atomic E-state index is 12.4. The van der Waals surface area contributed by atoms with Crippen LogP contribution in [0.1, 0.15) is 19.3 Å². The zero-order valence-corrected chi connectivity index (χ0v) is 16.8. The third kappa shape index (κ3) is 5.59. The molecule has 0 heterocycles. The fourth-order valence-electron chi connectivity index (χ4n) is 2.22. The molecule has 0 aliphatic heterocycles. The Bertz CT molecular complexity index is 609. The van der Waals surface area contributed by atoms with Crippen LogP contribution >= 0.6 is 31.9 Å². The van der Waals surface area contributed by atoms with E-state index in [-0.39, 0.29) is 60.3 Å². The summed E-state index contributed by atoms with van der Waals surface area (Å²) in [6, 6.07) is 0. The molecular formula is C14H18Br2N4O6. The van der Waals surface area contributed by atoms with Gasteiger partial charge in [0.25, 0.3) is 0 Å². The second-order valence-corrected chi connectivity index (χ2v) is 6.45. The average Bonchev–Trinajstić information content (AvgIpc) is 2.92. The van der Waals surface area contributed by atoms with Gasteiger partial charge in [-0.15, -0.1) is 0 Å². The number of alkyl halides is 2. The highest BCUT2D eigenvalue weighted by molar-refractivity contribution is 9.09. The SMILES string of the molecule is N=C1CCC(=N)C1(CNC(=O)CBr)C(=O)OOC(=O)CCNC(=O)CBr. The van der Waals surface area contributed by atoms with Crippen molar-refractivity contribution in [3.8, 4) is 0 Å². The molecule has 1 fully saturated rings. The van der Waals surface area contributed by atoms with Crippen LogP contribution < -0.4 is 10.6 Å². The Morgan fingerprint density at radius 3 is 2.04 bits per heavy atom. The Labute approximate surface area is 165 Å². The number of rotatable bonds is 8. The number of carbonyl (C=O) groups excluding carboxylic acids is 4. The van der Waals surface area contributed by atoms with Crippen molar-refractivity contribution in [1.82, 2.24) is 10.6 Å². The first kappa shape index (κ1) is 22.2. The topological polar surface area (TPSA) is 158 Å². The zero-order chi connectivity index (χ0) is 19.7. The summed E-state index contributed by atoms with van der Waals surface area (Å²) in [6.07, 6.45) is 0.115. The molecule has 0 spiro atoms. The lowest BCUT2D eigenvalue weighted by Crippen LogP contribution is -2.51. The molecule has 4 N–H and O–H groups in total. The molecule has 0 saturated heterocycles. The molecule has 10 nitrogen and oxygen atoms in total. The number of carbonyl (C=O) groups is 4. The van der Waals surface area contributed by atoms with Crippen LogP contribution in [0.5, 0.6) is 0 Å². The molecule has 1 aliphatic carbocycles. The standard InChI is InChI=1S/C14H18Br2N4O6/c15-5-10(21)19-4-3-12(23)25-26-13(24)14(7-20-11(22)6-16)8(17)1-2-9(14)18/h17-18H,1-7H2,(H,19,21)(H,20,22). The summed E-state index contributed by atoms with van der Waals surface area (Å²) < 4.78 is 0. The smallest absolute Gasteiger partial charge is 0.355 e. The van der Waals surface area contributed by atoms with Gasteiger partial charge in [0.2, 0.25) is 11.8 Å². The van der Waals surface area contributed by atoms with Crippen LogP contribution in [0.2, 0.25) is 0 Å². The van der Waals surface area contributed by atoms with Crippen molar-refractivity contribution >= 4 is 67.0 Å². The molecule has 0 atom stereocenters. The summed E-state index contributed by atoms with van der Waals surface area (Å²) in [5.41, 5.74) is -1.96. The van der Waals surface area contributed by atoms with Crippen molar-refractivity contribution in [2.45, 2.75) is 19.3 Å². The lowest BCUT2D eigenvalue weighted by atomic mass is 9.83. The van der Waals surface area contributed by atoms with Crippen molar-refractivity contribution in [3.05, 3.63) is 0 Å². The molecule has 0 bridgehead atoms. The van der Waals surface area contributed by atoms with Crippen LogP contribution in [0.15, 0.2) is 0 Å². The lowest BCUT2D eigenvalue weighted by Gasteiger charge is -2.26. The molecule has 26 heavy (non-hydrogen) atoms. The lowest BCUT2D eigenvalue weighted by molar-refractivity contribution is -0.262. The van der Waals surface area contributed by atoms with E-state index in [0.717, 1.165) is 0 Å². The molecule has 1 saturated carbocycles. The summed E-state index contributed by atoms with van der Waals surface area (Å²) >= 11 is 5.91. The number of hydrogen-bond acceptors (Lipinski definition) is 8. The molecule has 2 amide bonds. The van der Waals surface area contributed by atoms with Crippen molar-refractivity contribution in [2.75, 3.05) is 23.7 Å². The Morgan fingerprint density at radius 1 is 0.962 bits per heavy atom. The highest BCUT2D eigenvalue weighted by Gasteiger charge is 2.53. The summed E-state index contributed by atoms with van der Waals surface area (Å²) in [7, 11) is 0. The maximum Gasteiger partial charge on any atom is 0.374 e. The minimum absolute atomic E-state index is 0.00109. The highest BCUT2D eigenvalue weighted by atomic mass is 79.9. The largest absolute Gasteiger partial charge is 0.374 e. The van der Waals surface area contributed by atoms with Gasteiger partial charge in [-0.05, 0) is 12.8 Å². The third-order valence-electron chi connectivity index (χ3n) is 3.66. The van der Waals surface area contributed by atoms with Crippen molar-refractivity contribution < 1.29 is 29.0 Å². The summed E-state index contributed by atoms with van der Waals surface area (Å²) in [4.78, 5) is 55.4. The number of hydrogen-bond donors (Lipinski definition) is 4. The first-order valence-corrected chi connectivity index (χ1v) is 9.75. The minimum Gasteiger partial charge on any atom is -0.355 e.